The molecule has 0 aliphatic carbocycles. The van der Waals surface area contributed by atoms with Gasteiger partial charge < -0.3 is 15.7 Å². The number of aryl methyl sites for hydroxylation is 1. The molecule has 104 valence electrons. The average Bonchev–Trinajstić information content (AvgIpc) is 2.47. The first-order chi connectivity index (χ1) is 9.65. The Morgan fingerprint density at radius 3 is 2.65 bits per heavy atom. The van der Waals surface area contributed by atoms with Gasteiger partial charge in [-0.25, -0.2) is 0 Å². The summed E-state index contributed by atoms with van der Waals surface area (Å²) in [5.41, 5.74) is 7.18. The number of hydrogen-bond acceptors (Lipinski definition) is 4. The maximum absolute atomic E-state index is 8.71. The van der Waals surface area contributed by atoms with Gasteiger partial charge in [0.25, 0.3) is 0 Å². The lowest BCUT2D eigenvalue weighted by molar-refractivity contribution is 0.318. The van der Waals surface area contributed by atoms with E-state index in [-0.39, 0.29) is 5.84 Å². The molecule has 0 saturated carbocycles. The molecule has 0 aliphatic heterocycles. The molecule has 0 spiro atoms. The second kappa shape index (κ2) is 6.34. The Kier molecular flexibility index (Phi) is 4.53. The first kappa shape index (κ1) is 14.3. The summed E-state index contributed by atoms with van der Waals surface area (Å²) in [4.78, 5) is 1.07. The van der Waals surface area contributed by atoms with Gasteiger partial charge in [0.05, 0.1) is 0 Å². The molecule has 0 saturated heterocycles. The smallest absolute Gasteiger partial charge is 0.170 e. The maximum Gasteiger partial charge on any atom is 0.170 e. The summed E-state index contributed by atoms with van der Waals surface area (Å²) in [5, 5.41) is 11.7. The lowest BCUT2D eigenvalue weighted by atomic mass is 10.1. The predicted molar refractivity (Wildman–Crippen MR) is 82.0 cm³/mol. The van der Waals surface area contributed by atoms with Crippen molar-refractivity contribution in [2.75, 3.05) is 6.26 Å². The summed E-state index contributed by atoms with van der Waals surface area (Å²) in [5.74, 6) is 1.63. The molecule has 0 amide bonds. The fourth-order valence-corrected chi connectivity index (χ4v) is 2.40. The van der Waals surface area contributed by atoms with E-state index in [2.05, 4.69) is 5.16 Å². The lowest BCUT2D eigenvalue weighted by Gasteiger charge is -2.11. The van der Waals surface area contributed by atoms with Crippen molar-refractivity contribution in [2.24, 2.45) is 10.9 Å². The van der Waals surface area contributed by atoms with Crippen molar-refractivity contribution >= 4 is 17.6 Å². The van der Waals surface area contributed by atoms with Gasteiger partial charge in [0.1, 0.15) is 11.5 Å². The highest BCUT2D eigenvalue weighted by molar-refractivity contribution is 7.98. The molecule has 0 aliphatic rings. The second-order valence-corrected chi connectivity index (χ2v) is 5.06. The molecule has 0 atom stereocenters. The van der Waals surface area contributed by atoms with Crippen LogP contribution in [0.4, 0.5) is 0 Å². The van der Waals surface area contributed by atoms with Crippen molar-refractivity contribution in [2.45, 2.75) is 11.8 Å². The van der Waals surface area contributed by atoms with E-state index in [1.165, 1.54) is 0 Å². The Morgan fingerprint density at radius 1 is 1.25 bits per heavy atom. The monoisotopic (exact) mass is 288 g/mol. The van der Waals surface area contributed by atoms with Gasteiger partial charge in [-0.2, -0.15) is 0 Å². The van der Waals surface area contributed by atoms with Crippen LogP contribution in [-0.4, -0.2) is 17.3 Å². The minimum atomic E-state index is 0.0959. The molecule has 3 N–H and O–H groups in total. The summed E-state index contributed by atoms with van der Waals surface area (Å²) in [6.07, 6.45) is 2.01. The van der Waals surface area contributed by atoms with Crippen LogP contribution in [0.2, 0.25) is 0 Å². The summed E-state index contributed by atoms with van der Waals surface area (Å²) >= 11 is 1.63. The molecule has 2 rings (SSSR count). The Balaban J connectivity index is 2.29. The van der Waals surface area contributed by atoms with Crippen molar-refractivity contribution in [3.05, 3.63) is 53.6 Å². The van der Waals surface area contributed by atoms with Crippen LogP contribution in [0.5, 0.6) is 11.5 Å². The van der Waals surface area contributed by atoms with Gasteiger partial charge in [-0.05, 0) is 49.1 Å². The minimum Gasteiger partial charge on any atom is -0.456 e. The topological polar surface area (TPSA) is 67.8 Å². The highest BCUT2D eigenvalue weighted by atomic mass is 32.2. The van der Waals surface area contributed by atoms with Gasteiger partial charge in [-0.3, -0.25) is 0 Å². The highest BCUT2D eigenvalue weighted by Gasteiger charge is 2.07. The molecule has 0 heterocycles. The molecule has 0 bridgehead atoms. The average molecular weight is 288 g/mol. The molecule has 2 aromatic rings. The highest BCUT2D eigenvalue weighted by Crippen LogP contribution is 2.31. The number of nitrogens with two attached hydrogens (primary N) is 1. The minimum absolute atomic E-state index is 0.0959. The molecule has 20 heavy (non-hydrogen) atoms. The summed E-state index contributed by atoms with van der Waals surface area (Å²) < 4.78 is 5.89. The quantitative estimate of drug-likeness (QED) is 0.296. The van der Waals surface area contributed by atoms with E-state index < -0.39 is 0 Å². The fraction of sp³-hybridized carbons (Fsp3) is 0.133. The third-order valence-corrected chi connectivity index (χ3v) is 3.66. The van der Waals surface area contributed by atoms with Crippen LogP contribution in [0.25, 0.3) is 0 Å². The van der Waals surface area contributed by atoms with Gasteiger partial charge in [-0.1, -0.05) is 17.3 Å². The lowest BCUT2D eigenvalue weighted by Crippen LogP contribution is -2.14. The third kappa shape index (κ3) is 3.05. The number of oxime groups is 1. The first-order valence-corrected chi connectivity index (χ1v) is 7.27. The van der Waals surface area contributed by atoms with Crippen LogP contribution in [-0.2, 0) is 0 Å². The number of nitrogens with zero attached hydrogens (tertiary/aromatic N) is 1. The standard InChI is InChI=1S/C15H16N2O2S/c1-10-9-11(7-8-12(10)15(16)17-18)19-13-5-3-4-6-14(13)20-2/h3-9,18H,1-2H3,(H2,16,17). The van der Waals surface area contributed by atoms with Crippen molar-refractivity contribution in [3.63, 3.8) is 0 Å². The summed E-state index contributed by atoms with van der Waals surface area (Å²) in [7, 11) is 0. The van der Waals surface area contributed by atoms with Crippen molar-refractivity contribution < 1.29 is 9.94 Å². The number of ether oxygens (including phenoxy) is 1. The third-order valence-electron chi connectivity index (χ3n) is 2.88. The van der Waals surface area contributed by atoms with Gasteiger partial charge in [0.15, 0.2) is 5.84 Å². The van der Waals surface area contributed by atoms with Gasteiger partial charge in [0.2, 0.25) is 0 Å². The normalized spacial score (nSPS) is 11.4. The largest absolute Gasteiger partial charge is 0.456 e. The van der Waals surface area contributed by atoms with E-state index in [9.17, 15) is 0 Å². The van der Waals surface area contributed by atoms with Crippen molar-refractivity contribution in [1.29, 1.82) is 0 Å². The second-order valence-electron chi connectivity index (χ2n) is 4.21. The number of para-hydroxylation sites is 1. The Labute approximate surface area is 122 Å². The Hall–Kier alpha value is -2.14. The summed E-state index contributed by atoms with van der Waals surface area (Å²) in [6.45, 7) is 1.89. The molecule has 0 unspecified atom stereocenters. The molecular weight excluding hydrogens is 272 g/mol. The molecule has 5 heteroatoms. The van der Waals surface area contributed by atoms with Crippen LogP contribution in [0, 0.1) is 6.92 Å². The van der Waals surface area contributed by atoms with E-state index in [0.29, 0.717) is 5.56 Å². The molecular formula is C15H16N2O2S. The Bertz CT molecular complexity index is 642. The van der Waals surface area contributed by atoms with E-state index in [1.54, 1.807) is 23.9 Å². The number of rotatable bonds is 4. The Morgan fingerprint density at radius 2 is 2.00 bits per heavy atom. The van der Waals surface area contributed by atoms with E-state index in [4.69, 9.17) is 15.7 Å². The molecule has 0 aromatic heterocycles. The van der Waals surface area contributed by atoms with Gasteiger partial charge >= 0.3 is 0 Å². The number of thioether (sulfide) groups is 1. The molecule has 4 nitrogen and oxygen atoms in total. The number of amidine groups is 1. The fourth-order valence-electron chi connectivity index (χ4n) is 1.87. The first-order valence-electron chi connectivity index (χ1n) is 6.05. The van der Waals surface area contributed by atoms with E-state index in [1.807, 2.05) is 43.5 Å². The number of hydrogen-bond donors (Lipinski definition) is 2. The SMILES string of the molecule is CSc1ccccc1Oc1ccc(/C(N)=N/O)c(C)c1. The maximum atomic E-state index is 8.71. The van der Waals surface area contributed by atoms with Crippen LogP contribution < -0.4 is 10.5 Å². The van der Waals surface area contributed by atoms with Gasteiger partial charge in [-0.15, -0.1) is 11.8 Å². The zero-order valence-electron chi connectivity index (χ0n) is 11.3. The molecule has 2 aromatic carbocycles. The molecule has 0 fully saturated rings. The molecule has 0 radical (unpaired) electrons. The van der Waals surface area contributed by atoms with Crippen LogP contribution in [0.3, 0.4) is 0 Å². The zero-order valence-corrected chi connectivity index (χ0v) is 12.1. The van der Waals surface area contributed by atoms with Crippen molar-refractivity contribution in [1.82, 2.24) is 0 Å². The van der Waals surface area contributed by atoms with Crippen LogP contribution in [0.1, 0.15) is 11.1 Å². The van der Waals surface area contributed by atoms with Crippen molar-refractivity contribution in [3.8, 4) is 11.5 Å². The van der Waals surface area contributed by atoms with Gasteiger partial charge in [0, 0.05) is 10.5 Å². The summed E-state index contributed by atoms with van der Waals surface area (Å²) in [6, 6.07) is 13.3. The van der Waals surface area contributed by atoms with Crippen LogP contribution >= 0.6 is 11.8 Å². The van der Waals surface area contributed by atoms with E-state index >= 15 is 0 Å². The zero-order chi connectivity index (χ0) is 14.5. The van der Waals surface area contributed by atoms with Crippen LogP contribution in [0.15, 0.2) is 52.5 Å². The van der Waals surface area contributed by atoms with E-state index in [0.717, 1.165) is 22.0 Å². The number of benzene rings is 2. The predicted octanol–water partition coefficient (Wildman–Crippen LogP) is 3.60.